The van der Waals surface area contributed by atoms with E-state index in [0.717, 1.165) is 24.5 Å². The Bertz CT molecular complexity index is 348. The second-order valence-electron chi connectivity index (χ2n) is 5.13. The van der Waals surface area contributed by atoms with Crippen LogP contribution in [0.4, 0.5) is 0 Å². The smallest absolute Gasteiger partial charge is 0.142 e. The Morgan fingerprint density at radius 2 is 2.06 bits per heavy atom. The van der Waals surface area contributed by atoms with Crippen molar-refractivity contribution in [1.82, 2.24) is 10.3 Å². The maximum absolute atomic E-state index is 5.68. The van der Waals surface area contributed by atoms with Crippen LogP contribution in [0.2, 0.25) is 0 Å². The molecule has 1 aromatic rings. The quantitative estimate of drug-likeness (QED) is 0.757. The zero-order chi connectivity index (χ0) is 13.4. The van der Waals surface area contributed by atoms with Crippen LogP contribution in [0.1, 0.15) is 33.3 Å². The Morgan fingerprint density at radius 3 is 2.72 bits per heavy atom. The first-order valence-electron chi connectivity index (χ1n) is 6.41. The molecule has 1 heterocycles. The topological polar surface area (TPSA) is 43.4 Å². The zero-order valence-electron chi connectivity index (χ0n) is 11.8. The molecule has 4 nitrogen and oxygen atoms in total. The lowest BCUT2D eigenvalue weighted by molar-refractivity contribution is 0.109. The normalized spacial score (nSPS) is 11.6. The van der Waals surface area contributed by atoms with Crippen molar-refractivity contribution < 1.29 is 9.47 Å². The third-order valence-corrected chi connectivity index (χ3v) is 2.37. The molecule has 0 spiro atoms. The lowest BCUT2D eigenvalue weighted by Crippen LogP contribution is -2.35. The van der Waals surface area contributed by atoms with Gasteiger partial charge in [-0.2, -0.15) is 0 Å². The lowest BCUT2D eigenvalue weighted by atomic mass is 10.1. The van der Waals surface area contributed by atoms with Crippen molar-refractivity contribution in [3.63, 3.8) is 0 Å². The Balaban J connectivity index is 2.51. The predicted octanol–water partition coefficient (Wildman–Crippen LogP) is 2.39. The van der Waals surface area contributed by atoms with Gasteiger partial charge in [-0.1, -0.05) is 0 Å². The second kappa shape index (κ2) is 7.34. The van der Waals surface area contributed by atoms with Gasteiger partial charge in [0.1, 0.15) is 12.4 Å². The van der Waals surface area contributed by atoms with Gasteiger partial charge < -0.3 is 14.8 Å². The number of rotatable bonds is 7. The van der Waals surface area contributed by atoms with E-state index in [0.29, 0.717) is 13.2 Å². The molecule has 0 fully saturated rings. The average Bonchev–Trinajstić information content (AvgIpc) is 2.32. The molecule has 0 atom stereocenters. The molecule has 0 bridgehead atoms. The molecule has 0 aromatic carbocycles. The van der Waals surface area contributed by atoms with Gasteiger partial charge in [0.2, 0.25) is 0 Å². The van der Waals surface area contributed by atoms with Crippen LogP contribution in [-0.2, 0) is 11.3 Å². The third kappa shape index (κ3) is 5.98. The minimum Gasteiger partial charge on any atom is -0.489 e. The van der Waals surface area contributed by atoms with E-state index in [9.17, 15) is 0 Å². The molecule has 0 aliphatic carbocycles. The van der Waals surface area contributed by atoms with Crippen molar-refractivity contribution >= 4 is 0 Å². The van der Waals surface area contributed by atoms with Crippen LogP contribution in [0.5, 0.6) is 5.75 Å². The zero-order valence-corrected chi connectivity index (χ0v) is 11.8. The standard InChI is InChI=1S/C14H24N2O2/c1-5-17-8-9-18-13-11-15-7-6-12(13)10-16-14(2,3)4/h6-7,11,16H,5,8-10H2,1-4H3. The van der Waals surface area contributed by atoms with Gasteiger partial charge in [0.15, 0.2) is 0 Å². The van der Waals surface area contributed by atoms with Gasteiger partial charge in [-0.05, 0) is 33.8 Å². The van der Waals surface area contributed by atoms with Crippen LogP contribution >= 0.6 is 0 Å². The lowest BCUT2D eigenvalue weighted by Gasteiger charge is -2.21. The van der Waals surface area contributed by atoms with Crippen LogP contribution in [0, 0.1) is 0 Å². The summed E-state index contributed by atoms with van der Waals surface area (Å²) in [6.45, 7) is 11.1. The summed E-state index contributed by atoms with van der Waals surface area (Å²) in [5, 5.41) is 3.44. The summed E-state index contributed by atoms with van der Waals surface area (Å²) in [6, 6.07) is 1.98. The minimum atomic E-state index is 0.0891. The van der Waals surface area contributed by atoms with E-state index in [4.69, 9.17) is 9.47 Å². The van der Waals surface area contributed by atoms with E-state index in [1.165, 1.54) is 0 Å². The molecule has 0 unspecified atom stereocenters. The summed E-state index contributed by atoms with van der Waals surface area (Å²) < 4.78 is 10.9. The van der Waals surface area contributed by atoms with Crippen LogP contribution in [0.15, 0.2) is 18.5 Å². The van der Waals surface area contributed by atoms with Gasteiger partial charge in [-0.25, -0.2) is 0 Å². The first kappa shape index (κ1) is 14.9. The van der Waals surface area contributed by atoms with E-state index in [1.54, 1.807) is 12.4 Å². The van der Waals surface area contributed by atoms with Crippen LogP contribution in [-0.4, -0.2) is 30.3 Å². The molecule has 0 saturated heterocycles. The fourth-order valence-corrected chi connectivity index (χ4v) is 1.40. The van der Waals surface area contributed by atoms with Gasteiger partial charge in [0.25, 0.3) is 0 Å². The number of nitrogens with one attached hydrogen (secondary N) is 1. The number of aromatic nitrogens is 1. The van der Waals surface area contributed by atoms with Crippen molar-refractivity contribution in [2.75, 3.05) is 19.8 Å². The van der Waals surface area contributed by atoms with Gasteiger partial charge in [-0.15, -0.1) is 0 Å². The van der Waals surface area contributed by atoms with Gasteiger partial charge >= 0.3 is 0 Å². The summed E-state index contributed by atoms with van der Waals surface area (Å²) in [7, 11) is 0. The molecule has 102 valence electrons. The average molecular weight is 252 g/mol. The monoisotopic (exact) mass is 252 g/mol. The largest absolute Gasteiger partial charge is 0.489 e. The van der Waals surface area contributed by atoms with E-state index in [1.807, 2.05) is 13.0 Å². The Labute approximate surface area is 110 Å². The number of hydrogen-bond donors (Lipinski definition) is 1. The summed E-state index contributed by atoms with van der Waals surface area (Å²) in [5.74, 6) is 0.828. The summed E-state index contributed by atoms with van der Waals surface area (Å²) in [6.07, 6.45) is 3.54. The van der Waals surface area contributed by atoms with E-state index < -0.39 is 0 Å². The van der Waals surface area contributed by atoms with Crippen LogP contribution < -0.4 is 10.1 Å². The molecule has 0 radical (unpaired) electrons. The first-order valence-corrected chi connectivity index (χ1v) is 6.41. The molecule has 0 saturated carbocycles. The third-order valence-electron chi connectivity index (χ3n) is 2.37. The van der Waals surface area contributed by atoms with E-state index >= 15 is 0 Å². The van der Waals surface area contributed by atoms with Crippen LogP contribution in [0.3, 0.4) is 0 Å². The molecular weight excluding hydrogens is 228 g/mol. The highest BCUT2D eigenvalue weighted by atomic mass is 16.5. The van der Waals surface area contributed by atoms with Crippen molar-refractivity contribution in [3.8, 4) is 5.75 Å². The molecule has 1 aromatic heterocycles. The minimum absolute atomic E-state index is 0.0891. The molecule has 1 rings (SSSR count). The second-order valence-corrected chi connectivity index (χ2v) is 5.13. The SMILES string of the molecule is CCOCCOc1cnccc1CNC(C)(C)C. The number of pyridine rings is 1. The molecule has 1 N–H and O–H groups in total. The molecule has 18 heavy (non-hydrogen) atoms. The maximum atomic E-state index is 5.68. The van der Waals surface area contributed by atoms with Crippen LogP contribution in [0.25, 0.3) is 0 Å². The van der Waals surface area contributed by atoms with Crippen molar-refractivity contribution in [3.05, 3.63) is 24.0 Å². The Hall–Kier alpha value is -1.13. The fourth-order valence-electron chi connectivity index (χ4n) is 1.40. The number of hydrogen-bond acceptors (Lipinski definition) is 4. The highest BCUT2D eigenvalue weighted by molar-refractivity contribution is 5.29. The predicted molar refractivity (Wildman–Crippen MR) is 72.8 cm³/mol. The van der Waals surface area contributed by atoms with Gasteiger partial charge in [-0.3, -0.25) is 4.98 Å². The Kier molecular flexibility index (Phi) is 6.09. The van der Waals surface area contributed by atoms with E-state index in [-0.39, 0.29) is 5.54 Å². The molecule has 4 heteroatoms. The van der Waals surface area contributed by atoms with Gasteiger partial charge in [0.05, 0.1) is 12.8 Å². The van der Waals surface area contributed by atoms with Gasteiger partial charge in [0, 0.05) is 30.5 Å². The summed E-state index contributed by atoms with van der Waals surface area (Å²) in [4.78, 5) is 4.10. The number of nitrogens with zero attached hydrogens (tertiary/aromatic N) is 1. The fraction of sp³-hybridized carbons (Fsp3) is 0.643. The first-order chi connectivity index (χ1) is 8.53. The summed E-state index contributed by atoms with van der Waals surface area (Å²) >= 11 is 0. The van der Waals surface area contributed by atoms with E-state index in [2.05, 4.69) is 31.1 Å². The summed E-state index contributed by atoms with van der Waals surface area (Å²) in [5.41, 5.74) is 1.21. The van der Waals surface area contributed by atoms with Crippen molar-refractivity contribution in [2.24, 2.45) is 0 Å². The highest BCUT2D eigenvalue weighted by Crippen LogP contribution is 2.17. The molecule has 0 aliphatic rings. The molecule has 0 amide bonds. The maximum Gasteiger partial charge on any atom is 0.142 e. The number of ether oxygens (including phenoxy) is 2. The molecular formula is C14H24N2O2. The Morgan fingerprint density at radius 1 is 1.28 bits per heavy atom. The molecule has 0 aliphatic heterocycles. The van der Waals surface area contributed by atoms with Crippen molar-refractivity contribution in [2.45, 2.75) is 39.8 Å². The highest BCUT2D eigenvalue weighted by Gasteiger charge is 2.10. The van der Waals surface area contributed by atoms with Crippen molar-refractivity contribution in [1.29, 1.82) is 0 Å².